The third kappa shape index (κ3) is 4.38. The monoisotopic (exact) mass is 595 g/mol. The van der Waals surface area contributed by atoms with Gasteiger partial charge in [0, 0.05) is 32.2 Å². The Labute approximate surface area is 256 Å². The largest absolute Gasteiger partial charge is 0.497 e. The van der Waals surface area contributed by atoms with Gasteiger partial charge in [0.1, 0.15) is 17.5 Å². The summed E-state index contributed by atoms with van der Waals surface area (Å²) >= 11 is 0. The second-order valence-electron chi connectivity index (χ2n) is 14.4. The second-order valence-corrected chi connectivity index (χ2v) is 14.4. The minimum Gasteiger partial charge on any atom is -0.497 e. The molecule has 0 spiro atoms. The van der Waals surface area contributed by atoms with Crippen LogP contribution >= 0.6 is 0 Å². The molecule has 1 N–H and O–H groups in total. The highest BCUT2D eigenvalue weighted by molar-refractivity contribution is 5.90. The highest BCUT2D eigenvalue weighted by Gasteiger charge is 2.84. The molecule has 1 aromatic rings. The molecule has 3 saturated carbocycles. The van der Waals surface area contributed by atoms with E-state index in [0.29, 0.717) is 37.9 Å². The van der Waals surface area contributed by atoms with Gasteiger partial charge in [-0.25, -0.2) is 0 Å². The number of aldehydes is 1. The Bertz CT molecular complexity index is 1250. The number of benzene rings is 1. The van der Waals surface area contributed by atoms with Crippen molar-refractivity contribution in [2.24, 2.45) is 45.8 Å². The first-order valence-corrected chi connectivity index (χ1v) is 16.1. The third-order valence-electron chi connectivity index (χ3n) is 12.3. The van der Waals surface area contributed by atoms with Gasteiger partial charge >= 0.3 is 5.97 Å². The summed E-state index contributed by atoms with van der Waals surface area (Å²) in [6, 6.07) is 8.06. The first-order valence-electron chi connectivity index (χ1n) is 16.1. The quantitative estimate of drug-likeness (QED) is 0.292. The molecule has 0 amide bonds. The number of rotatable bonds is 10. The fourth-order valence-corrected chi connectivity index (χ4v) is 10.4. The van der Waals surface area contributed by atoms with Gasteiger partial charge in [-0.15, -0.1) is 0 Å². The van der Waals surface area contributed by atoms with Crippen LogP contribution in [-0.2, 0) is 30.3 Å². The van der Waals surface area contributed by atoms with E-state index in [0.717, 1.165) is 42.4 Å². The van der Waals surface area contributed by atoms with Gasteiger partial charge in [-0.05, 0) is 73.5 Å². The summed E-state index contributed by atoms with van der Waals surface area (Å²) in [4.78, 5) is 29.4. The van der Waals surface area contributed by atoms with Crippen molar-refractivity contribution in [3.05, 3.63) is 41.5 Å². The topological polar surface area (TPSA) is 94.5 Å². The lowest BCUT2D eigenvalue weighted by Gasteiger charge is -2.58. The maximum atomic E-state index is 13.8. The predicted octanol–water partition coefficient (Wildman–Crippen LogP) is 5.20. The first kappa shape index (κ1) is 30.8. The lowest BCUT2D eigenvalue weighted by Crippen LogP contribution is -2.63. The van der Waals surface area contributed by atoms with Crippen molar-refractivity contribution in [1.29, 1.82) is 0 Å². The summed E-state index contributed by atoms with van der Waals surface area (Å²) in [7, 11) is 3.37. The number of fused-ring (bicyclic) bond motifs is 2. The fraction of sp³-hybridized carbons (Fsp3) is 0.714. The van der Waals surface area contributed by atoms with E-state index in [-0.39, 0.29) is 36.6 Å². The number of hydrogen-bond donors (Lipinski definition) is 1. The third-order valence-corrected chi connectivity index (χ3v) is 12.3. The molecule has 0 radical (unpaired) electrons. The fourth-order valence-electron chi connectivity index (χ4n) is 10.4. The van der Waals surface area contributed by atoms with Gasteiger partial charge in [-0.1, -0.05) is 51.0 Å². The van der Waals surface area contributed by atoms with Crippen LogP contribution in [0.25, 0.3) is 0 Å². The summed E-state index contributed by atoms with van der Waals surface area (Å²) in [5.74, 6) is 0.889. The van der Waals surface area contributed by atoms with Crippen LogP contribution in [0.15, 0.2) is 35.9 Å². The molecule has 10 atom stereocenters. The molecule has 1 aromatic carbocycles. The highest BCUT2D eigenvalue weighted by atomic mass is 16.7. The molecular formula is C35H49NO7. The number of ether oxygens (including phenoxy) is 4. The molecule has 8 nitrogen and oxygen atoms in total. The number of allylic oxidation sites excluding steroid dienone is 1. The Morgan fingerprint density at radius 1 is 1.14 bits per heavy atom. The summed E-state index contributed by atoms with van der Waals surface area (Å²) < 4.78 is 24.4. The van der Waals surface area contributed by atoms with Crippen molar-refractivity contribution < 1.29 is 33.6 Å². The van der Waals surface area contributed by atoms with E-state index in [1.54, 1.807) is 14.2 Å². The Hall–Kier alpha value is -2.26. The van der Waals surface area contributed by atoms with E-state index in [2.05, 4.69) is 43.9 Å². The number of carbonyl (C=O) groups excluding carboxylic acids is 1. The van der Waals surface area contributed by atoms with Crippen LogP contribution in [0, 0.1) is 45.8 Å². The van der Waals surface area contributed by atoms with Gasteiger partial charge in [-0.2, -0.15) is 0 Å². The molecule has 4 fully saturated rings. The first-order chi connectivity index (χ1) is 20.6. The average Bonchev–Trinajstić information content (AvgIpc) is 3.51. The van der Waals surface area contributed by atoms with Crippen molar-refractivity contribution in [1.82, 2.24) is 4.90 Å². The molecule has 0 aromatic heterocycles. The molecule has 236 valence electrons. The standard InChI is InChI=1S/C35H49NO7/c1-21(2)29-13-25-14-33(19-37)28-12-7-22(3)27(28)15-34(25,35(29,33)32(38)39)20-42-31-18-36(17-30(41-6)23(4)43-31)16-24-8-10-26(40-5)11-9-24/h8-11,13,19,21-23,25,27-28,30-31H,7,12,14-18,20H2,1-6H3,(H,38,39)/t22-,23-,25?,27-,28-,30+,31-,33+,34?,35+/m1/s1. The molecule has 1 saturated heterocycles. The Morgan fingerprint density at radius 2 is 1.88 bits per heavy atom. The van der Waals surface area contributed by atoms with Crippen LogP contribution in [0.1, 0.15) is 58.9 Å². The summed E-state index contributed by atoms with van der Waals surface area (Å²) in [6.07, 6.45) is 5.76. The average molecular weight is 596 g/mol. The van der Waals surface area contributed by atoms with Crippen molar-refractivity contribution in [2.45, 2.75) is 78.4 Å². The molecule has 2 unspecified atom stereocenters. The van der Waals surface area contributed by atoms with Gasteiger partial charge in [0.05, 0.1) is 31.3 Å². The highest BCUT2D eigenvalue weighted by Crippen LogP contribution is 2.82. The minimum atomic E-state index is -1.25. The maximum Gasteiger partial charge on any atom is 0.315 e. The van der Waals surface area contributed by atoms with Crippen LogP contribution in [0.2, 0.25) is 0 Å². The lowest BCUT2D eigenvalue weighted by atomic mass is 9.43. The number of nitrogens with zero attached hydrogens (tertiary/aromatic N) is 1. The van der Waals surface area contributed by atoms with Crippen molar-refractivity contribution in [3.8, 4) is 5.75 Å². The Morgan fingerprint density at radius 3 is 2.51 bits per heavy atom. The summed E-state index contributed by atoms with van der Waals surface area (Å²) in [6.45, 7) is 10.6. The normalized spacial score (nSPS) is 42.0. The zero-order valence-corrected chi connectivity index (χ0v) is 26.6. The van der Waals surface area contributed by atoms with E-state index >= 15 is 0 Å². The summed E-state index contributed by atoms with van der Waals surface area (Å²) in [5, 5.41) is 11.3. The zero-order valence-electron chi connectivity index (χ0n) is 26.6. The number of methoxy groups -OCH3 is 2. The van der Waals surface area contributed by atoms with Crippen LogP contribution < -0.4 is 4.74 Å². The van der Waals surface area contributed by atoms with Gasteiger partial charge in [0.25, 0.3) is 0 Å². The second kappa shape index (κ2) is 11.3. The zero-order chi connectivity index (χ0) is 30.7. The molecule has 4 aliphatic carbocycles. The smallest absolute Gasteiger partial charge is 0.315 e. The van der Waals surface area contributed by atoms with Gasteiger partial charge < -0.3 is 28.8 Å². The maximum absolute atomic E-state index is 13.8. The molecule has 1 aliphatic heterocycles. The number of carboxylic acids is 1. The number of aliphatic carboxylic acids is 1. The van der Waals surface area contributed by atoms with E-state index in [9.17, 15) is 14.7 Å². The van der Waals surface area contributed by atoms with Crippen LogP contribution in [0.5, 0.6) is 5.75 Å². The Balaban J connectivity index is 1.32. The molecule has 1 heterocycles. The van der Waals surface area contributed by atoms with Gasteiger partial charge in [0.15, 0.2) is 6.29 Å². The molecule has 6 rings (SSSR count). The molecule has 4 bridgehead atoms. The molecule has 8 heteroatoms. The van der Waals surface area contributed by atoms with Crippen molar-refractivity contribution in [3.63, 3.8) is 0 Å². The molecular weight excluding hydrogens is 546 g/mol. The van der Waals surface area contributed by atoms with E-state index in [1.807, 2.05) is 19.1 Å². The molecule has 5 aliphatic rings. The van der Waals surface area contributed by atoms with Crippen LogP contribution in [-0.4, -0.2) is 74.7 Å². The lowest BCUT2D eigenvalue weighted by molar-refractivity contribution is -0.220. The minimum absolute atomic E-state index is 0.00525. The van der Waals surface area contributed by atoms with Crippen LogP contribution in [0.3, 0.4) is 0 Å². The summed E-state index contributed by atoms with van der Waals surface area (Å²) in [5.41, 5.74) is -0.745. The van der Waals surface area contributed by atoms with Gasteiger partial charge in [0.2, 0.25) is 0 Å². The number of carbonyl (C=O) groups is 2. The SMILES string of the molecule is COc1ccc(CN2C[C@H](OCC34C[C@@H]5[C@H](C)CC[C@H]5[C@@]5(C=O)CC3C=C(C(C)C)[C@@]45C(=O)O)O[C@H](C)[C@@H](OC)C2)cc1. The van der Waals surface area contributed by atoms with Gasteiger partial charge in [-0.3, -0.25) is 9.69 Å². The number of carboxylic acid groups (broad SMARTS) is 1. The van der Waals surface area contributed by atoms with Crippen molar-refractivity contribution in [2.75, 3.05) is 33.9 Å². The Kier molecular flexibility index (Phi) is 8.06. The van der Waals surface area contributed by atoms with E-state index in [1.165, 1.54) is 0 Å². The van der Waals surface area contributed by atoms with E-state index < -0.39 is 28.5 Å². The van der Waals surface area contributed by atoms with Crippen LogP contribution in [0.4, 0.5) is 0 Å². The predicted molar refractivity (Wildman–Crippen MR) is 161 cm³/mol. The van der Waals surface area contributed by atoms with Crippen molar-refractivity contribution >= 4 is 12.3 Å². The number of hydrogen-bond acceptors (Lipinski definition) is 7. The molecule has 43 heavy (non-hydrogen) atoms. The van der Waals surface area contributed by atoms with E-state index in [4.69, 9.17) is 18.9 Å².